The van der Waals surface area contributed by atoms with Crippen LogP contribution < -0.4 is 4.74 Å². The Morgan fingerprint density at radius 2 is 2.06 bits per heavy atom. The molecule has 0 radical (unpaired) electrons. The Balaban J connectivity index is 2.30. The van der Waals surface area contributed by atoms with E-state index in [1.807, 2.05) is 6.07 Å². The van der Waals surface area contributed by atoms with Gasteiger partial charge in [-0.3, -0.25) is 4.74 Å². The molecule has 0 unspecified atom stereocenters. The molecule has 0 bridgehead atoms. The first kappa shape index (κ1) is 12.3. The van der Waals surface area contributed by atoms with Crippen molar-refractivity contribution in [2.75, 3.05) is 13.2 Å². The van der Waals surface area contributed by atoms with E-state index in [4.69, 9.17) is 10.00 Å². The topological polar surface area (TPSA) is 55.1 Å². The predicted octanol–water partition coefficient (Wildman–Crippen LogP) is 1.87. The summed E-state index contributed by atoms with van der Waals surface area (Å²) < 4.78 is 43.0. The zero-order valence-electron chi connectivity index (χ0n) is 7.99. The highest BCUT2D eigenvalue weighted by Crippen LogP contribution is 2.15. The molecular weight excluding hydrogens is 225 g/mol. The molecule has 0 fully saturated rings. The fourth-order valence-electron chi connectivity index (χ4n) is 0.835. The molecule has 4 nitrogen and oxygen atoms in total. The van der Waals surface area contributed by atoms with Gasteiger partial charge in [0.1, 0.15) is 12.7 Å². The Morgan fingerprint density at radius 3 is 2.56 bits per heavy atom. The Hall–Kier alpha value is -1.81. The van der Waals surface area contributed by atoms with Gasteiger partial charge in [0.15, 0.2) is 0 Å². The summed E-state index contributed by atoms with van der Waals surface area (Å²) in [5.74, 6) is 0.143. The van der Waals surface area contributed by atoms with Crippen molar-refractivity contribution in [2.24, 2.45) is 0 Å². The number of rotatable bonds is 4. The smallest absolute Gasteiger partial charge is 0.475 e. The van der Waals surface area contributed by atoms with Crippen molar-refractivity contribution in [3.63, 3.8) is 0 Å². The quantitative estimate of drug-likeness (QED) is 0.743. The zero-order valence-corrected chi connectivity index (χ0v) is 7.99. The van der Waals surface area contributed by atoms with Crippen LogP contribution in [0.5, 0.6) is 5.88 Å². The third-order valence-corrected chi connectivity index (χ3v) is 1.46. The highest BCUT2D eigenvalue weighted by atomic mass is 19.4. The maximum atomic E-state index is 11.6. The first-order chi connectivity index (χ1) is 7.51. The maximum absolute atomic E-state index is 11.6. The van der Waals surface area contributed by atoms with Crippen LogP contribution in [0, 0.1) is 11.3 Å². The molecule has 0 atom stereocenters. The predicted molar refractivity (Wildman–Crippen MR) is 46.5 cm³/mol. The first-order valence-electron chi connectivity index (χ1n) is 4.21. The lowest BCUT2D eigenvalue weighted by atomic mass is 10.3. The third kappa shape index (κ3) is 4.61. The summed E-state index contributed by atoms with van der Waals surface area (Å²) in [4.78, 5) is 3.70. The molecule has 16 heavy (non-hydrogen) atoms. The van der Waals surface area contributed by atoms with Gasteiger partial charge >= 0.3 is 6.36 Å². The number of hydrogen-bond donors (Lipinski definition) is 0. The van der Waals surface area contributed by atoms with Crippen LogP contribution in [0.2, 0.25) is 0 Å². The molecule has 0 amide bonds. The molecule has 0 N–H and O–H groups in total. The van der Waals surface area contributed by atoms with Crippen LogP contribution in [0.3, 0.4) is 0 Å². The maximum Gasteiger partial charge on any atom is 0.522 e. The van der Waals surface area contributed by atoms with E-state index < -0.39 is 13.0 Å². The summed E-state index contributed by atoms with van der Waals surface area (Å²) in [5.41, 5.74) is 0.346. The highest BCUT2D eigenvalue weighted by Gasteiger charge is 2.28. The van der Waals surface area contributed by atoms with Gasteiger partial charge in [0.25, 0.3) is 0 Å². The van der Waals surface area contributed by atoms with Crippen molar-refractivity contribution in [1.82, 2.24) is 4.98 Å². The van der Waals surface area contributed by atoms with Crippen molar-refractivity contribution < 1.29 is 22.6 Å². The van der Waals surface area contributed by atoms with E-state index in [0.717, 1.165) is 0 Å². The number of nitriles is 1. The molecule has 0 aromatic carbocycles. The second-order valence-corrected chi connectivity index (χ2v) is 2.64. The van der Waals surface area contributed by atoms with Gasteiger partial charge in [-0.15, -0.1) is 13.2 Å². The summed E-state index contributed by atoms with van der Waals surface area (Å²) in [7, 11) is 0. The van der Waals surface area contributed by atoms with Crippen molar-refractivity contribution in [1.29, 1.82) is 5.26 Å². The monoisotopic (exact) mass is 232 g/mol. The second kappa shape index (κ2) is 5.32. The summed E-state index contributed by atoms with van der Waals surface area (Å²) in [5, 5.41) is 8.46. The lowest BCUT2D eigenvalue weighted by Crippen LogP contribution is -2.18. The van der Waals surface area contributed by atoms with Crippen LogP contribution >= 0.6 is 0 Å². The van der Waals surface area contributed by atoms with Crippen LogP contribution in [0.4, 0.5) is 13.2 Å². The number of alkyl halides is 3. The second-order valence-electron chi connectivity index (χ2n) is 2.64. The average molecular weight is 232 g/mol. The minimum atomic E-state index is -4.65. The van der Waals surface area contributed by atoms with Crippen LogP contribution in [-0.4, -0.2) is 24.6 Å². The normalized spacial score (nSPS) is 10.9. The first-order valence-corrected chi connectivity index (χ1v) is 4.21. The van der Waals surface area contributed by atoms with Gasteiger partial charge in [0.2, 0.25) is 5.88 Å². The van der Waals surface area contributed by atoms with Crippen LogP contribution in [0.1, 0.15) is 5.56 Å². The van der Waals surface area contributed by atoms with Gasteiger partial charge in [-0.25, -0.2) is 4.98 Å². The fourth-order valence-corrected chi connectivity index (χ4v) is 0.835. The highest BCUT2D eigenvalue weighted by molar-refractivity contribution is 5.28. The summed E-state index contributed by atoms with van der Waals surface area (Å²) in [6, 6.07) is 4.70. The molecule has 0 aliphatic heterocycles. The molecule has 0 aliphatic rings. The molecule has 86 valence electrons. The number of hydrogen-bond acceptors (Lipinski definition) is 4. The number of ether oxygens (including phenoxy) is 2. The molecule has 1 heterocycles. The van der Waals surface area contributed by atoms with E-state index in [2.05, 4.69) is 9.72 Å². The standard InChI is InChI=1S/C9H7F3N2O2/c10-9(11,12)16-4-3-15-8-2-1-7(5-13)6-14-8/h1-2,6H,3-4H2. The molecule has 0 saturated carbocycles. The van der Waals surface area contributed by atoms with Gasteiger partial charge < -0.3 is 4.74 Å². The molecular formula is C9H7F3N2O2. The Bertz CT molecular complexity index is 370. The van der Waals surface area contributed by atoms with E-state index in [0.29, 0.717) is 5.56 Å². The number of pyridine rings is 1. The zero-order chi connectivity index (χ0) is 12.0. The van der Waals surface area contributed by atoms with E-state index in [1.165, 1.54) is 18.3 Å². The van der Waals surface area contributed by atoms with Crippen molar-refractivity contribution in [3.05, 3.63) is 23.9 Å². The van der Waals surface area contributed by atoms with Gasteiger partial charge in [0, 0.05) is 12.3 Å². The molecule has 1 rings (SSSR count). The van der Waals surface area contributed by atoms with E-state index in [9.17, 15) is 13.2 Å². The van der Waals surface area contributed by atoms with Crippen LogP contribution in [0.25, 0.3) is 0 Å². The van der Waals surface area contributed by atoms with Gasteiger partial charge in [-0.2, -0.15) is 5.26 Å². The van der Waals surface area contributed by atoms with Gasteiger partial charge in [-0.05, 0) is 6.07 Å². The fraction of sp³-hybridized carbons (Fsp3) is 0.333. The SMILES string of the molecule is N#Cc1ccc(OCCOC(F)(F)F)nc1. The number of aromatic nitrogens is 1. The molecule has 0 aliphatic carbocycles. The summed E-state index contributed by atoms with van der Waals surface area (Å²) in [6.45, 7) is -0.871. The van der Waals surface area contributed by atoms with Crippen molar-refractivity contribution >= 4 is 0 Å². The van der Waals surface area contributed by atoms with Gasteiger partial charge in [0.05, 0.1) is 12.2 Å². The number of nitrogens with zero attached hydrogens (tertiary/aromatic N) is 2. The molecule has 7 heteroatoms. The molecule has 0 spiro atoms. The average Bonchev–Trinajstić information content (AvgIpc) is 2.24. The lowest BCUT2D eigenvalue weighted by Gasteiger charge is -2.08. The summed E-state index contributed by atoms with van der Waals surface area (Å²) >= 11 is 0. The largest absolute Gasteiger partial charge is 0.522 e. The number of halogens is 3. The third-order valence-electron chi connectivity index (χ3n) is 1.46. The van der Waals surface area contributed by atoms with Crippen molar-refractivity contribution in [3.8, 4) is 11.9 Å². The Kier molecular flexibility index (Phi) is 4.08. The van der Waals surface area contributed by atoms with Crippen LogP contribution in [-0.2, 0) is 4.74 Å². The van der Waals surface area contributed by atoms with E-state index in [1.54, 1.807) is 0 Å². The lowest BCUT2D eigenvalue weighted by molar-refractivity contribution is -0.325. The van der Waals surface area contributed by atoms with Gasteiger partial charge in [-0.1, -0.05) is 0 Å². The molecule has 1 aromatic heterocycles. The van der Waals surface area contributed by atoms with Crippen molar-refractivity contribution in [2.45, 2.75) is 6.36 Å². The minimum absolute atomic E-state index is 0.143. The Morgan fingerprint density at radius 1 is 1.31 bits per heavy atom. The molecule has 1 aromatic rings. The van der Waals surface area contributed by atoms with E-state index in [-0.39, 0.29) is 12.5 Å². The Labute approximate surface area is 89.2 Å². The molecule has 0 saturated heterocycles. The van der Waals surface area contributed by atoms with E-state index >= 15 is 0 Å². The minimum Gasteiger partial charge on any atom is -0.475 e. The summed E-state index contributed by atoms with van der Waals surface area (Å²) in [6.07, 6.45) is -3.39. The van der Waals surface area contributed by atoms with Crippen LogP contribution in [0.15, 0.2) is 18.3 Å².